The molecule has 2 nitrogen and oxygen atoms in total. The van der Waals surface area contributed by atoms with E-state index in [1.54, 1.807) is 11.3 Å². The number of hydrogen-bond acceptors (Lipinski definition) is 2. The molecule has 0 aromatic carbocycles. The molecule has 0 aliphatic heterocycles. The Morgan fingerprint density at radius 3 is 2.00 bits per heavy atom. The fourth-order valence-corrected chi connectivity index (χ4v) is 2.96. The Morgan fingerprint density at radius 2 is 1.67 bits per heavy atom. The molecule has 1 aromatic heterocycles. The zero-order chi connectivity index (χ0) is 13.9. The van der Waals surface area contributed by atoms with Gasteiger partial charge in [-0.1, -0.05) is 27.7 Å². The summed E-state index contributed by atoms with van der Waals surface area (Å²) >= 11 is 1.61. The lowest BCUT2D eigenvalue weighted by atomic mass is 10.1. The summed E-state index contributed by atoms with van der Waals surface area (Å²) in [7, 11) is 0. The lowest BCUT2D eigenvalue weighted by Crippen LogP contribution is -2.36. The van der Waals surface area contributed by atoms with E-state index >= 15 is 0 Å². The summed E-state index contributed by atoms with van der Waals surface area (Å²) in [4.78, 5) is 16.6. The Labute approximate surface area is 115 Å². The fraction of sp³-hybridized carbons (Fsp3) is 0.667. The van der Waals surface area contributed by atoms with Crippen molar-refractivity contribution in [3.63, 3.8) is 0 Å². The zero-order valence-electron chi connectivity index (χ0n) is 12.4. The van der Waals surface area contributed by atoms with Gasteiger partial charge in [0.15, 0.2) is 0 Å². The molecule has 1 rings (SSSR count). The molecule has 1 heterocycles. The van der Waals surface area contributed by atoms with E-state index in [1.165, 1.54) is 10.4 Å². The third-order valence-electron chi connectivity index (χ3n) is 2.84. The van der Waals surface area contributed by atoms with Crippen molar-refractivity contribution in [1.29, 1.82) is 0 Å². The highest BCUT2D eigenvalue weighted by Crippen LogP contribution is 2.22. The molecule has 18 heavy (non-hydrogen) atoms. The molecule has 1 aromatic rings. The SMILES string of the molecule is Cc1cc(C(=O)N(CC(C)C)CC(C)C)sc1C. The predicted octanol–water partition coefficient (Wildman–Crippen LogP) is 4.12. The van der Waals surface area contributed by atoms with Gasteiger partial charge in [-0.05, 0) is 37.3 Å². The summed E-state index contributed by atoms with van der Waals surface area (Å²) in [5.74, 6) is 1.21. The summed E-state index contributed by atoms with van der Waals surface area (Å²) in [6.07, 6.45) is 0. The van der Waals surface area contributed by atoms with Crippen molar-refractivity contribution in [3.05, 3.63) is 21.4 Å². The van der Waals surface area contributed by atoms with Crippen LogP contribution in [0.5, 0.6) is 0 Å². The molecule has 0 atom stereocenters. The van der Waals surface area contributed by atoms with E-state index in [1.807, 2.05) is 11.0 Å². The molecule has 0 unspecified atom stereocenters. The van der Waals surface area contributed by atoms with Crippen LogP contribution in [0.15, 0.2) is 6.07 Å². The fourth-order valence-electron chi connectivity index (χ4n) is 1.96. The molecule has 0 fully saturated rings. The van der Waals surface area contributed by atoms with E-state index in [-0.39, 0.29) is 5.91 Å². The second-order valence-corrected chi connectivity index (χ2v) is 7.10. The van der Waals surface area contributed by atoms with Crippen molar-refractivity contribution in [3.8, 4) is 0 Å². The molecule has 0 aliphatic carbocycles. The molecular weight excluding hydrogens is 242 g/mol. The summed E-state index contributed by atoms with van der Waals surface area (Å²) in [5.41, 5.74) is 1.22. The van der Waals surface area contributed by atoms with Gasteiger partial charge in [0.25, 0.3) is 5.91 Å². The van der Waals surface area contributed by atoms with Crippen LogP contribution in [-0.4, -0.2) is 23.9 Å². The first-order valence-corrected chi connectivity index (χ1v) is 7.49. The molecule has 0 aliphatic rings. The zero-order valence-corrected chi connectivity index (χ0v) is 13.2. The minimum Gasteiger partial charge on any atom is -0.337 e. The monoisotopic (exact) mass is 267 g/mol. The van der Waals surface area contributed by atoms with Gasteiger partial charge in [-0.3, -0.25) is 4.79 Å². The Kier molecular flexibility index (Phi) is 5.39. The minimum atomic E-state index is 0.193. The average molecular weight is 267 g/mol. The van der Waals surface area contributed by atoms with E-state index in [9.17, 15) is 4.79 Å². The smallest absolute Gasteiger partial charge is 0.263 e. The average Bonchev–Trinajstić information content (AvgIpc) is 2.56. The molecule has 102 valence electrons. The highest BCUT2D eigenvalue weighted by molar-refractivity contribution is 7.14. The molecule has 0 saturated carbocycles. The van der Waals surface area contributed by atoms with Crippen molar-refractivity contribution in [2.24, 2.45) is 11.8 Å². The number of aryl methyl sites for hydroxylation is 2. The highest BCUT2D eigenvalue weighted by atomic mass is 32.1. The number of carbonyl (C=O) groups excluding carboxylic acids is 1. The van der Waals surface area contributed by atoms with Crippen LogP contribution in [-0.2, 0) is 0 Å². The topological polar surface area (TPSA) is 20.3 Å². The molecule has 0 radical (unpaired) electrons. The Hall–Kier alpha value is -0.830. The second kappa shape index (κ2) is 6.37. The Bertz CT molecular complexity index is 377. The normalized spacial score (nSPS) is 11.3. The van der Waals surface area contributed by atoms with Gasteiger partial charge < -0.3 is 4.90 Å². The first-order chi connectivity index (χ1) is 8.31. The van der Waals surface area contributed by atoms with Crippen LogP contribution < -0.4 is 0 Å². The quantitative estimate of drug-likeness (QED) is 0.786. The first kappa shape index (κ1) is 15.2. The van der Waals surface area contributed by atoms with Gasteiger partial charge in [0, 0.05) is 18.0 Å². The van der Waals surface area contributed by atoms with Crippen molar-refractivity contribution < 1.29 is 4.79 Å². The van der Waals surface area contributed by atoms with Crippen LogP contribution >= 0.6 is 11.3 Å². The number of thiophene rings is 1. The summed E-state index contributed by atoms with van der Waals surface area (Å²) in [6, 6.07) is 2.02. The van der Waals surface area contributed by atoms with Crippen LogP contribution in [0, 0.1) is 25.7 Å². The lowest BCUT2D eigenvalue weighted by molar-refractivity contribution is 0.0720. The van der Waals surface area contributed by atoms with E-state index < -0.39 is 0 Å². The highest BCUT2D eigenvalue weighted by Gasteiger charge is 2.20. The molecule has 0 saturated heterocycles. The molecule has 0 spiro atoms. The first-order valence-electron chi connectivity index (χ1n) is 6.67. The largest absolute Gasteiger partial charge is 0.337 e. The van der Waals surface area contributed by atoms with Crippen LogP contribution in [0.1, 0.15) is 47.8 Å². The van der Waals surface area contributed by atoms with Crippen molar-refractivity contribution in [2.45, 2.75) is 41.5 Å². The third-order valence-corrected chi connectivity index (χ3v) is 3.98. The van der Waals surface area contributed by atoms with Gasteiger partial charge in [0.05, 0.1) is 4.88 Å². The molecular formula is C15H25NOS. The predicted molar refractivity (Wildman–Crippen MR) is 79.4 cm³/mol. The standard InChI is InChI=1S/C15H25NOS/c1-10(2)8-16(9-11(3)4)15(17)14-7-12(5)13(6)18-14/h7,10-11H,8-9H2,1-6H3. The molecule has 0 bridgehead atoms. The number of hydrogen-bond donors (Lipinski definition) is 0. The molecule has 3 heteroatoms. The summed E-state index contributed by atoms with van der Waals surface area (Å²) in [6.45, 7) is 14.5. The third kappa shape index (κ3) is 4.13. The van der Waals surface area contributed by atoms with Crippen LogP contribution in [0.25, 0.3) is 0 Å². The van der Waals surface area contributed by atoms with Crippen molar-refractivity contribution >= 4 is 17.2 Å². The minimum absolute atomic E-state index is 0.193. The van der Waals surface area contributed by atoms with Crippen molar-refractivity contribution in [2.75, 3.05) is 13.1 Å². The van der Waals surface area contributed by atoms with Gasteiger partial charge >= 0.3 is 0 Å². The Balaban J connectivity index is 2.87. The maximum atomic E-state index is 12.5. The lowest BCUT2D eigenvalue weighted by Gasteiger charge is -2.25. The maximum Gasteiger partial charge on any atom is 0.263 e. The van der Waals surface area contributed by atoms with E-state index in [0.29, 0.717) is 11.8 Å². The van der Waals surface area contributed by atoms with Gasteiger partial charge in [-0.15, -0.1) is 11.3 Å². The molecule has 0 N–H and O–H groups in total. The van der Waals surface area contributed by atoms with Crippen LogP contribution in [0.4, 0.5) is 0 Å². The van der Waals surface area contributed by atoms with Gasteiger partial charge in [0.1, 0.15) is 0 Å². The van der Waals surface area contributed by atoms with Crippen LogP contribution in [0.3, 0.4) is 0 Å². The maximum absolute atomic E-state index is 12.5. The van der Waals surface area contributed by atoms with Gasteiger partial charge in [-0.25, -0.2) is 0 Å². The van der Waals surface area contributed by atoms with Gasteiger partial charge in [-0.2, -0.15) is 0 Å². The Morgan fingerprint density at radius 1 is 1.17 bits per heavy atom. The molecule has 1 amide bonds. The van der Waals surface area contributed by atoms with E-state index in [4.69, 9.17) is 0 Å². The van der Waals surface area contributed by atoms with Crippen molar-refractivity contribution in [1.82, 2.24) is 4.90 Å². The summed E-state index contributed by atoms with van der Waals surface area (Å²) < 4.78 is 0. The summed E-state index contributed by atoms with van der Waals surface area (Å²) in [5, 5.41) is 0. The number of rotatable bonds is 5. The van der Waals surface area contributed by atoms with E-state index in [2.05, 4.69) is 41.5 Å². The second-order valence-electron chi connectivity index (χ2n) is 5.85. The number of nitrogens with zero attached hydrogens (tertiary/aromatic N) is 1. The number of carbonyl (C=O) groups is 1. The van der Waals surface area contributed by atoms with Gasteiger partial charge in [0.2, 0.25) is 0 Å². The number of amides is 1. The van der Waals surface area contributed by atoms with Crippen LogP contribution in [0.2, 0.25) is 0 Å². The van der Waals surface area contributed by atoms with E-state index in [0.717, 1.165) is 18.0 Å².